The minimum atomic E-state index is -0.363. The van der Waals surface area contributed by atoms with Crippen LogP contribution in [0.5, 0.6) is 0 Å². The fraction of sp³-hybridized carbons (Fsp3) is 0.533. The molecule has 0 radical (unpaired) electrons. The lowest BCUT2D eigenvalue weighted by atomic mass is 9.67. The van der Waals surface area contributed by atoms with E-state index in [1.54, 1.807) is 0 Å². The summed E-state index contributed by atoms with van der Waals surface area (Å²) in [4.78, 5) is 12.3. The van der Waals surface area contributed by atoms with Crippen LogP contribution in [0.4, 0.5) is 0 Å². The average Bonchev–Trinajstić information content (AvgIpc) is 2.45. The fourth-order valence-corrected chi connectivity index (χ4v) is 3.41. The summed E-state index contributed by atoms with van der Waals surface area (Å²) in [5, 5.41) is 0. The summed E-state index contributed by atoms with van der Waals surface area (Å²) >= 11 is 0. The Morgan fingerprint density at radius 2 is 1.78 bits per heavy atom. The van der Waals surface area contributed by atoms with Gasteiger partial charge in [-0.1, -0.05) is 51.1 Å². The first kappa shape index (κ1) is 15.0. The molecule has 1 rings (SSSR count). The van der Waals surface area contributed by atoms with E-state index in [4.69, 9.17) is 4.43 Å². The van der Waals surface area contributed by atoms with Crippen LogP contribution in [0.3, 0.4) is 0 Å². The van der Waals surface area contributed by atoms with Gasteiger partial charge in [-0.05, 0) is 30.7 Å². The van der Waals surface area contributed by atoms with Crippen LogP contribution < -0.4 is 0 Å². The third-order valence-electron chi connectivity index (χ3n) is 4.13. The van der Waals surface area contributed by atoms with Gasteiger partial charge < -0.3 is 4.43 Å². The van der Waals surface area contributed by atoms with E-state index >= 15 is 0 Å². The van der Waals surface area contributed by atoms with Crippen molar-refractivity contribution in [2.45, 2.75) is 46.0 Å². The average molecular weight is 264 g/mol. The summed E-state index contributed by atoms with van der Waals surface area (Å²) in [6.45, 7) is 6.33. The van der Waals surface area contributed by atoms with Crippen molar-refractivity contribution in [3.05, 3.63) is 35.9 Å². The lowest BCUT2D eigenvalue weighted by Gasteiger charge is -2.37. The van der Waals surface area contributed by atoms with Crippen LogP contribution in [0.1, 0.15) is 51.5 Å². The van der Waals surface area contributed by atoms with Crippen LogP contribution in [0.2, 0.25) is 0 Å². The van der Waals surface area contributed by atoms with Gasteiger partial charge in [-0.2, -0.15) is 0 Å². The molecule has 0 spiro atoms. The maximum Gasteiger partial charge on any atom is 0.298 e. The van der Waals surface area contributed by atoms with Crippen molar-refractivity contribution in [1.82, 2.24) is 0 Å². The molecule has 1 aromatic carbocycles. The van der Waals surface area contributed by atoms with Crippen molar-refractivity contribution in [3.63, 3.8) is 0 Å². The van der Waals surface area contributed by atoms with E-state index in [1.165, 1.54) is 5.56 Å². The van der Waals surface area contributed by atoms with Crippen LogP contribution in [0.15, 0.2) is 30.3 Å². The first-order valence-electron chi connectivity index (χ1n) is 6.79. The minimum Gasteiger partial charge on any atom is -0.528 e. The Kier molecular flexibility index (Phi) is 5.60. The first-order chi connectivity index (χ1) is 8.66. The summed E-state index contributed by atoms with van der Waals surface area (Å²) in [5.41, 5.74) is 0.883. The minimum absolute atomic E-state index is 0.0186. The van der Waals surface area contributed by atoms with E-state index < -0.39 is 0 Å². The molecule has 3 heteroatoms. The molecule has 1 unspecified atom stereocenters. The topological polar surface area (TPSA) is 26.3 Å². The molecular weight excluding hydrogens is 240 g/mol. The van der Waals surface area contributed by atoms with Crippen LogP contribution in [-0.4, -0.2) is 16.5 Å². The van der Waals surface area contributed by atoms with E-state index in [2.05, 4.69) is 32.9 Å². The molecule has 0 aliphatic carbocycles. The van der Waals surface area contributed by atoms with Crippen molar-refractivity contribution in [1.29, 1.82) is 0 Å². The zero-order chi connectivity index (χ0) is 13.6. The SMILES string of the molecule is CCC(c1ccccc1)C(CC)(CC)C(=O)O[SiH3]. The van der Waals surface area contributed by atoms with Crippen molar-refractivity contribution >= 4 is 16.5 Å². The Hall–Kier alpha value is -1.09. The lowest BCUT2D eigenvalue weighted by Crippen LogP contribution is -2.37. The summed E-state index contributed by atoms with van der Waals surface area (Å²) in [6.07, 6.45) is 2.62. The molecule has 0 aromatic heterocycles. The smallest absolute Gasteiger partial charge is 0.298 e. The van der Waals surface area contributed by atoms with E-state index in [0.717, 1.165) is 19.3 Å². The summed E-state index contributed by atoms with van der Waals surface area (Å²) in [5.74, 6) is 0.227. The monoisotopic (exact) mass is 264 g/mol. The molecule has 0 heterocycles. The molecule has 0 aliphatic rings. The number of carbonyl (C=O) groups is 1. The van der Waals surface area contributed by atoms with Crippen LogP contribution >= 0.6 is 0 Å². The Morgan fingerprint density at radius 1 is 1.22 bits per heavy atom. The molecule has 0 N–H and O–H groups in total. The second kappa shape index (κ2) is 6.74. The molecule has 0 fully saturated rings. The second-order valence-electron chi connectivity index (χ2n) is 4.73. The molecule has 0 saturated carbocycles. The lowest BCUT2D eigenvalue weighted by molar-refractivity contribution is -0.148. The highest BCUT2D eigenvalue weighted by Gasteiger charge is 2.43. The highest BCUT2D eigenvalue weighted by Crippen LogP contribution is 2.44. The highest BCUT2D eigenvalue weighted by atomic mass is 28.2. The van der Waals surface area contributed by atoms with Crippen LogP contribution in [0, 0.1) is 5.41 Å². The van der Waals surface area contributed by atoms with E-state index in [1.807, 2.05) is 18.2 Å². The normalized spacial score (nSPS) is 13.3. The Balaban J connectivity index is 3.21. The molecule has 0 aliphatic heterocycles. The summed E-state index contributed by atoms with van der Waals surface area (Å²) in [6, 6.07) is 10.3. The van der Waals surface area contributed by atoms with E-state index in [0.29, 0.717) is 10.5 Å². The molecule has 18 heavy (non-hydrogen) atoms. The number of carbonyl (C=O) groups excluding carboxylic acids is 1. The van der Waals surface area contributed by atoms with Gasteiger partial charge in [0.05, 0.1) is 5.41 Å². The zero-order valence-corrected chi connectivity index (χ0v) is 13.9. The van der Waals surface area contributed by atoms with E-state index in [9.17, 15) is 4.79 Å². The van der Waals surface area contributed by atoms with Crippen molar-refractivity contribution in [3.8, 4) is 0 Å². The predicted molar refractivity (Wildman–Crippen MR) is 78.5 cm³/mol. The van der Waals surface area contributed by atoms with Gasteiger partial charge in [0.2, 0.25) is 10.5 Å². The predicted octanol–water partition coefficient (Wildman–Crippen LogP) is 2.81. The Labute approximate surface area is 113 Å². The van der Waals surface area contributed by atoms with E-state index in [-0.39, 0.29) is 17.3 Å². The van der Waals surface area contributed by atoms with Gasteiger partial charge in [-0.3, -0.25) is 4.79 Å². The Bertz CT molecular complexity index is 371. The molecule has 0 saturated heterocycles. The van der Waals surface area contributed by atoms with Crippen molar-refractivity contribution < 1.29 is 9.22 Å². The molecule has 0 bridgehead atoms. The van der Waals surface area contributed by atoms with Gasteiger partial charge in [0.25, 0.3) is 5.97 Å². The molecule has 100 valence electrons. The quantitative estimate of drug-likeness (QED) is 0.739. The number of rotatable bonds is 6. The molecule has 2 nitrogen and oxygen atoms in total. The third-order valence-corrected chi connectivity index (χ3v) is 4.50. The number of benzene rings is 1. The fourth-order valence-electron chi connectivity index (χ4n) is 3.01. The van der Waals surface area contributed by atoms with Crippen molar-refractivity contribution in [2.24, 2.45) is 5.41 Å². The summed E-state index contributed by atoms with van der Waals surface area (Å²) in [7, 11) is 0.474. The molecule has 1 atom stereocenters. The maximum absolute atomic E-state index is 12.3. The molecule has 1 aromatic rings. The van der Waals surface area contributed by atoms with Gasteiger partial charge in [0.1, 0.15) is 0 Å². The standard InChI is InChI=1S/C15H24O2Si/c1-4-13(12-10-8-7-9-11-12)15(5-2,6-3)14(16)17-18/h7-11,13H,4-6H2,1-3,18H3. The van der Waals surface area contributed by atoms with Gasteiger partial charge in [-0.15, -0.1) is 0 Å². The van der Waals surface area contributed by atoms with Crippen LogP contribution in [0.25, 0.3) is 0 Å². The summed E-state index contributed by atoms with van der Waals surface area (Å²) < 4.78 is 5.20. The maximum atomic E-state index is 12.3. The second-order valence-corrected chi connectivity index (χ2v) is 5.13. The van der Waals surface area contributed by atoms with Gasteiger partial charge in [0, 0.05) is 0 Å². The number of hydrogen-bond acceptors (Lipinski definition) is 2. The Morgan fingerprint density at radius 3 is 2.17 bits per heavy atom. The van der Waals surface area contributed by atoms with Crippen molar-refractivity contribution in [2.75, 3.05) is 0 Å². The van der Waals surface area contributed by atoms with Gasteiger partial charge in [0.15, 0.2) is 0 Å². The van der Waals surface area contributed by atoms with Gasteiger partial charge in [-0.25, -0.2) is 0 Å². The number of hydrogen-bond donors (Lipinski definition) is 0. The zero-order valence-electron chi connectivity index (χ0n) is 11.9. The molecule has 0 amide bonds. The van der Waals surface area contributed by atoms with Crippen LogP contribution in [-0.2, 0) is 9.22 Å². The van der Waals surface area contributed by atoms with Gasteiger partial charge >= 0.3 is 0 Å². The highest BCUT2D eigenvalue weighted by molar-refractivity contribution is 6.06. The molecular formula is C15H24O2Si. The largest absolute Gasteiger partial charge is 0.528 e. The third kappa shape index (κ3) is 2.66. The first-order valence-corrected chi connectivity index (χ1v) is 7.61.